The number of aromatic nitrogens is 1. The second kappa shape index (κ2) is 10.4. The molecule has 0 unspecified atom stereocenters. The molecule has 3 aromatic rings. The lowest BCUT2D eigenvalue weighted by Gasteiger charge is -2.20. The van der Waals surface area contributed by atoms with Crippen LogP contribution in [0.3, 0.4) is 0 Å². The van der Waals surface area contributed by atoms with Gasteiger partial charge in [0.05, 0.1) is 17.8 Å². The summed E-state index contributed by atoms with van der Waals surface area (Å²) >= 11 is 12.2. The highest BCUT2D eigenvalue weighted by molar-refractivity contribution is 6.42. The fourth-order valence-corrected chi connectivity index (χ4v) is 4.07. The normalized spacial score (nSPS) is 15.4. The number of furan rings is 1. The molecule has 1 fully saturated rings. The van der Waals surface area contributed by atoms with Crippen molar-refractivity contribution in [3.05, 3.63) is 69.7 Å². The van der Waals surface area contributed by atoms with Crippen LogP contribution < -0.4 is 4.74 Å². The topological polar surface area (TPSA) is 72.0 Å². The molecule has 1 aliphatic rings. The van der Waals surface area contributed by atoms with Crippen LogP contribution in [0.25, 0.3) is 0 Å². The average molecular weight is 506 g/mol. The molecule has 0 spiro atoms. The molecule has 0 radical (unpaired) electrons. The van der Waals surface area contributed by atoms with Gasteiger partial charge in [-0.1, -0.05) is 50.0 Å². The Kier molecular flexibility index (Phi) is 7.55. The molecule has 34 heavy (non-hydrogen) atoms. The first-order valence-electron chi connectivity index (χ1n) is 11.3. The van der Waals surface area contributed by atoms with Crippen LogP contribution in [0.2, 0.25) is 10.0 Å². The summed E-state index contributed by atoms with van der Waals surface area (Å²) in [7, 11) is 0. The van der Waals surface area contributed by atoms with Crippen molar-refractivity contribution < 1.29 is 18.4 Å². The predicted molar refractivity (Wildman–Crippen MR) is 131 cm³/mol. The molecule has 0 saturated carbocycles. The molecule has 4 rings (SSSR count). The van der Waals surface area contributed by atoms with E-state index in [9.17, 15) is 4.79 Å². The molecule has 0 atom stereocenters. The minimum atomic E-state index is -0.125. The molecule has 1 aliphatic heterocycles. The molecular formula is C25H29Cl2N3O4. The second-order valence-electron chi connectivity index (χ2n) is 9.40. The highest BCUT2D eigenvalue weighted by Crippen LogP contribution is 2.32. The van der Waals surface area contributed by atoms with Gasteiger partial charge in [0.15, 0.2) is 5.76 Å². The number of hydrogen-bond donors (Lipinski definition) is 0. The number of hydrogen-bond acceptors (Lipinski definition) is 6. The number of amides is 1. The van der Waals surface area contributed by atoms with Gasteiger partial charge >= 0.3 is 0 Å². The Hall–Kier alpha value is -2.48. The summed E-state index contributed by atoms with van der Waals surface area (Å²) in [5.74, 6) is 2.76. The van der Waals surface area contributed by atoms with E-state index in [4.69, 9.17) is 36.8 Å². The van der Waals surface area contributed by atoms with E-state index in [0.29, 0.717) is 52.8 Å². The lowest BCUT2D eigenvalue weighted by atomic mass is 9.94. The third-order valence-electron chi connectivity index (χ3n) is 5.69. The highest BCUT2D eigenvalue weighted by Gasteiger charge is 2.24. The van der Waals surface area contributed by atoms with Gasteiger partial charge in [0.25, 0.3) is 5.91 Å². The predicted octanol–water partition coefficient (Wildman–Crippen LogP) is 5.80. The maximum Gasteiger partial charge on any atom is 0.289 e. The van der Waals surface area contributed by atoms with Crippen molar-refractivity contribution in [3.63, 3.8) is 0 Å². The smallest absolute Gasteiger partial charge is 0.289 e. The van der Waals surface area contributed by atoms with Crippen LogP contribution in [0.15, 0.2) is 45.4 Å². The maximum atomic E-state index is 13.0. The minimum absolute atomic E-state index is 0.0689. The molecule has 2 aromatic heterocycles. The molecule has 182 valence electrons. The number of ether oxygens (including phenoxy) is 1. The van der Waals surface area contributed by atoms with Crippen molar-refractivity contribution in [1.82, 2.24) is 14.8 Å². The Morgan fingerprint density at radius 3 is 2.68 bits per heavy atom. The molecule has 0 bridgehead atoms. The number of nitrogens with zero attached hydrogens (tertiary/aromatic N) is 3. The molecule has 9 heteroatoms. The zero-order chi connectivity index (χ0) is 24.3. The monoisotopic (exact) mass is 505 g/mol. The van der Waals surface area contributed by atoms with Gasteiger partial charge in [-0.05, 0) is 30.7 Å². The first-order chi connectivity index (χ1) is 16.2. The van der Waals surface area contributed by atoms with Gasteiger partial charge in [0, 0.05) is 31.6 Å². The van der Waals surface area contributed by atoms with Crippen LogP contribution in [0, 0.1) is 0 Å². The Morgan fingerprint density at radius 1 is 1.09 bits per heavy atom. The molecule has 0 aliphatic carbocycles. The quantitative estimate of drug-likeness (QED) is 0.421. The lowest BCUT2D eigenvalue weighted by molar-refractivity contribution is 0.0724. The van der Waals surface area contributed by atoms with E-state index in [1.165, 1.54) is 0 Å². The summed E-state index contributed by atoms with van der Waals surface area (Å²) in [6.45, 7) is 9.97. The number of oxazole rings is 1. The number of rotatable bonds is 6. The zero-order valence-corrected chi connectivity index (χ0v) is 21.2. The molecular weight excluding hydrogens is 477 g/mol. The van der Waals surface area contributed by atoms with E-state index in [1.54, 1.807) is 30.3 Å². The third kappa shape index (κ3) is 5.95. The van der Waals surface area contributed by atoms with Crippen LogP contribution in [0.5, 0.6) is 5.75 Å². The third-order valence-corrected chi connectivity index (χ3v) is 6.49. The molecule has 1 amide bonds. The molecule has 1 aromatic carbocycles. The van der Waals surface area contributed by atoms with Crippen LogP contribution in [-0.2, 0) is 18.6 Å². The number of carbonyl (C=O) groups excluding carboxylic acids is 1. The fourth-order valence-electron chi connectivity index (χ4n) is 3.72. The standard InChI is InChI=1S/C25H29Cl2N3O4/c1-25(2,3)21-14-28-22(34-21)15-29-10-5-11-30(13-12-29)24(31)20-9-8-17(33-20)16-32-19-7-4-6-18(26)23(19)27/h4,6-9,14H,5,10-13,15-16H2,1-3H3. The van der Waals surface area contributed by atoms with Crippen molar-refractivity contribution in [2.24, 2.45) is 0 Å². The molecule has 3 heterocycles. The van der Waals surface area contributed by atoms with Crippen LogP contribution in [0.4, 0.5) is 0 Å². The van der Waals surface area contributed by atoms with Crippen molar-refractivity contribution in [3.8, 4) is 5.75 Å². The van der Waals surface area contributed by atoms with Gasteiger partial charge in [-0.2, -0.15) is 0 Å². The van der Waals surface area contributed by atoms with Crippen LogP contribution in [0.1, 0.15) is 55.2 Å². The Balaban J connectivity index is 1.31. The second-order valence-corrected chi connectivity index (χ2v) is 10.2. The van der Waals surface area contributed by atoms with Crippen LogP contribution >= 0.6 is 23.2 Å². The van der Waals surface area contributed by atoms with Crippen molar-refractivity contribution >= 4 is 29.1 Å². The summed E-state index contributed by atoms with van der Waals surface area (Å²) in [4.78, 5) is 21.5. The fraction of sp³-hybridized carbons (Fsp3) is 0.440. The van der Waals surface area contributed by atoms with E-state index in [-0.39, 0.29) is 17.9 Å². The average Bonchev–Trinajstić information content (AvgIpc) is 3.40. The van der Waals surface area contributed by atoms with E-state index >= 15 is 0 Å². The van der Waals surface area contributed by atoms with E-state index in [1.807, 2.05) is 11.1 Å². The van der Waals surface area contributed by atoms with Crippen LogP contribution in [-0.4, -0.2) is 46.9 Å². The largest absolute Gasteiger partial charge is 0.484 e. The summed E-state index contributed by atoms with van der Waals surface area (Å²) in [5, 5.41) is 0.766. The van der Waals surface area contributed by atoms with Gasteiger partial charge in [-0.15, -0.1) is 0 Å². The van der Waals surface area contributed by atoms with Gasteiger partial charge in [0.1, 0.15) is 28.9 Å². The first kappa shape index (κ1) is 24.6. The maximum absolute atomic E-state index is 13.0. The number of benzene rings is 1. The summed E-state index contributed by atoms with van der Waals surface area (Å²) in [6.07, 6.45) is 2.67. The van der Waals surface area contributed by atoms with E-state index in [2.05, 4.69) is 30.7 Å². The first-order valence-corrected chi connectivity index (χ1v) is 12.1. The van der Waals surface area contributed by atoms with Crippen molar-refractivity contribution in [1.29, 1.82) is 0 Å². The minimum Gasteiger partial charge on any atom is -0.484 e. The molecule has 0 N–H and O–H groups in total. The highest BCUT2D eigenvalue weighted by atomic mass is 35.5. The number of carbonyl (C=O) groups is 1. The zero-order valence-electron chi connectivity index (χ0n) is 19.6. The van der Waals surface area contributed by atoms with Gasteiger partial charge in [-0.3, -0.25) is 9.69 Å². The van der Waals surface area contributed by atoms with Crippen molar-refractivity contribution in [2.75, 3.05) is 26.2 Å². The van der Waals surface area contributed by atoms with E-state index in [0.717, 1.165) is 25.3 Å². The lowest BCUT2D eigenvalue weighted by Crippen LogP contribution is -2.35. The van der Waals surface area contributed by atoms with E-state index < -0.39 is 0 Å². The summed E-state index contributed by atoms with van der Waals surface area (Å²) in [6, 6.07) is 8.61. The number of halogens is 2. The van der Waals surface area contributed by atoms with Crippen molar-refractivity contribution in [2.45, 2.75) is 45.8 Å². The molecule has 7 nitrogen and oxygen atoms in total. The Bertz CT molecular complexity index is 1140. The Labute approximate surface area is 209 Å². The summed E-state index contributed by atoms with van der Waals surface area (Å²) in [5.41, 5.74) is -0.0689. The van der Waals surface area contributed by atoms with Gasteiger partial charge in [0.2, 0.25) is 5.89 Å². The van der Waals surface area contributed by atoms with Gasteiger partial charge < -0.3 is 18.5 Å². The Morgan fingerprint density at radius 2 is 1.91 bits per heavy atom. The molecule has 1 saturated heterocycles. The summed E-state index contributed by atoms with van der Waals surface area (Å²) < 4.78 is 17.4. The SMILES string of the molecule is CC(C)(C)c1cnc(CN2CCCN(C(=O)c3ccc(COc4cccc(Cl)c4Cl)o3)CC2)o1. The van der Waals surface area contributed by atoms with Gasteiger partial charge in [-0.25, -0.2) is 4.98 Å².